The summed E-state index contributed by atoms with van der Waals surface area (Å²) >= 11 is 0. The van der Waals surface area contributed by atoms with Gasteiger partial charge in [0.2, 0.25) is 5.67 Å². The lowest BCUT2D eigenvalue weighted by Crippen LogP contribution is -2.97. The van der Waals surface area contributed by atoms with Crippen molar-refractivity contribution in [1.82, 2.24) is 0 Å². The van der Waals surface area contributed by atoms with Crippen molar-refractivity contribution in [2.24, 2.45) is 5.41 Å². The first kappa shape index (κ1) is 16.1. The smallest absolute Gasteiger partial charge is 0.237 e. The van der Waals surface area contributed by atoms with E-state index in [9.17, 15) is 48.3 Å². The van der Waals surface area contributed by atoms with Crippen LogP contribution in [0, 0.1) is 5.41 Å². The minimum Gasteiger partial charge on any atom is -0.237 e. The SMILES string of the molecule is CC12CC3(F)CC(F)(C1(F)F)C(F)(F)C(F)(C3(F)F)C2(F)F. The van der Waals surface area contributed by atoms with Gasteiger partial charge >= 0.3 is 23.4 Å². The second-order valence-electron chi connectivity index (χ2n) is 6.41. The van der Waals surface area contributed by atoms with E-state index in [1.807, 2.05) is 0 Å². The summed E-state index contributed by atoms with van der Waals surface area (Å²) in [6.07, 6.45) is -5.12. The molecule has 4 rings (SSSR count). The van der Waals surface area contributed by atoms with Crippen LogP contribution < -0.4 is 0 Å². The topological polar surface area (TPSA) is 0 Å². The van der Waals surface area contributed by atoms with Gasteiger partial charge in [-0.2, -0.15) is 17.6 Å². The molecule has 0 N–H and O–H groups in total. The molecular formula is C11H7F11. The summed E-state index contributed by atoms with van der Waals surface area (Å²) in [4.78, 5) is 0. The fourth-order valence-electron chi connectivity index (χ4n) is 4.06. The third-order valence-electron chi connectivity index (χ3n) is 5.40. The van der Waals surface area contributed by atoms with Gasteiger partial charge in [-0.1, -0.05) is 0 Å². The molecule has 4 atom stereocenters. The van der Waals surface area contributed by atoms with Crippen LogP contribution in [0.2, 0.25) is 0 Å². The Bertz CT molecular complexity index is 530. The molecule has 4 aliphatic rings. The van der Waals surface area contributed by atoms with Gasteiger partial charge in [0.1, 0.15) is 5.41 Å². The molecule has 22 heavy (non-hydrogen) atoms. The third kappa shape index (κ3) is 0.923. The molecule has 0 aromatic carbocycles. The van der Waals surface area contributed by atoms with Crippen LogP contribution in [0.1, 0.15) is 19.8 Å². The van der Waals surface area contributed by atoms with Crippen LogP contribution in [-0.2, 0) is 0 Å². The van der Waals surface area contributed by atoms with Gasteiger partial charge in [0, 0.05) is 12.8 Å². The Morgan fingerprint density at radius 2 is 1.00 bits per heavy atom. The van der Waals surface area contributed by atoms with Gasteiger partial charge in [-0.25, -0.2) is 30.7 Å². The monoisotopic (exact) mass is 348 g/mol. The van der Waals surface area contributed by atoms with Gasteiger partial charge in [-0.15, -0.1) is 0 Å². The Morgan fingerprint density at radius 1 is 0.545 bits per heavy atom. The molecule has 4 fully saturated rings. The highest BCUT2D eigenvalue weighted by Gasteiger charge is 3.08. The number of alkyl halides is 11. The lowest BCUT2D eigenvalue weighted by atomic mass is 9.40. The molecule has 0 aromatic rings. The molecule has 11 heteroatoms. The number of halogens is 11. The number of rotatable bonds is 0. The average molecular weight is 348 g/mol. The van der Waals surface area contributed by atoms with E-state index in [0.29, 0.717) is 0 Å². The van der Waals surface area contributed by atoms with Crippen molar-refractivity contribution in [1.29, 1.82) is 0 Å². The Labute approximate surface area is 115 Å². The molecule has 4 aliphatic carbocycles. The molecule has 0 saturated heterocycles. The molecular weight excluding hydrogens is 341 g/mol. The van der Waals surface area contributed by atoms with E-state index in [2.05, 4.69) is 0 Å². The van der Waals surface area contributed by atoms with Crippen LogP contribution in [0.5, 0.6) is 0 Å². The van der Waals surface area contributed by atoms with E-state index >= 15 is 0 Å². The fraction of sp³-hybridized carbons (Fsp3) is 1.00. The Balaban J connectivity index is 2.49. The summed E-state index contributed by atoms with van der Waals surface area (Å²) in [6, 6.07) is 0. The first-order chi connectivity index (χ1) is 9.41. The Morgan fingerprint density at radius 3 is 1.45 bits per heavy atom. The van der Waals surface area contributed by atoms with Crippen LogP contribution in [0.3, 0.4) is 0 Å². The molecule has 0 spiro atoms. The maximum Gasteiger partial charge on any atom is 0.333 e. The van der Waals surface area contributed by atoms with Gasteiger partial charge in [0.05, 0.1) is 0 Å². The van der Waals surface area contributed by atoms with Crippen molar-refractivity contribution in [2.45, 2.75) is 60.5 Å². The summed E-state index contributed by atoms with van der Waals surface area (Å²) in [5, 5.41) is 0. The zero-order valence-electron chi connectivity index (χ0n) is 10.6. The van der Waals surface area contributed by atoms with E-state index < -0.39 is 59.0 Å². The van der Waals surface area contributed by atoms with Gasteiger partial charge in [0.25, 0.3) is 5.92 Å². The molecule has 0 aliphatic heterocycles. The second kappa shape index (κ2) is 3.09. The molecule has 4 unspecified atom stereocenters. The van der Waals surface area contributed by atoms with Crippen LogP contribution >= 0.6 is 0 Å². The largest absolute Gasteiger partial charge is 0.333 e. The summed E-state index contributed by atoms with van der Waals surface area (Å²) in [7, 11) is 0. The van der Waals surface area contributed by atoms with Crippen LogP contribution in [-0.4, -0.2) is 40.7 Å². The normalized spacial score (nSPS) is 56.2. The quantitative estimate of drug-likeness (QED) is 0.567. The van der Waals surface area contributed by atoms with Gasteiger partial charge < -0.3 is 0 Å². The minimum absolute atomic E-state index is 0.256. The van der Waals surface area contributed by atoms with E-state index in [1.165, 1.54) is 0 Å². The van der Waals surface area contributed by atoms with Crippen LogP contribution in [0.4, 0.5) is 48.3 Å². The van der Waals surface area contributed by atoms with Crippen molar-refractivity contribution in [3.8, 4) is 0 Å². The molecule has 128 valence electrons. The number of hydrogen-bond donors (Lipinski definition) is 0. The molecule has 0 aromatic heterocycles. The summed E-state index contributed by atoms with van der Waals surface area (Å²) < 4.78 is 153. The molecule has 4 saturated carbocycles. The maximum atomic E-state index is 14.2. The van der Waals surface area contributed by atoms with Crippen LogP contribution in [0.25, 0.3) is 0 Å². The zero-order valence-corrected chi connectivity index (χ0v) is 10.6. The van der Waals surface area contributed by atoms with Gasteiger partial charge in [0.15, 0.2) is 5.67 Å². The first-order valence-corrected chi connectivity index (χ1v) is 5.99. The predicted molar refractivity (Wildman–Crippen MR) is 48.6 cm³/mol. The Kier molecular flexibility index (Phi) is 2.26. The minimum atomic E-state index is -6.49. The average Bonchev–Trinajstić information content (AvgIpc) is 2.31. The van der Waals surface area contributed by atoms with Gasteiger partial charge in [-0.3, -0.25) is 0 Å². The predicted octanol–water partition coefficient (Wildman–Crippen LogP) is 4.48. The summed E-state index contributed by atoms with van der Waals surface area (Å²) in [5.41, 5.74) is -20.8. The Hall–Kier alpha value is -0.770. The van der Waals surface area contributed by atoms with Crippen molar-refractivity contribution in [3.63, 3.8) is 0 Å². The number of hydrogen-bond acceptors (Lipinski definition) is 0. The standard InChI is InChI=1S/C11H7F11/c1-4-2-5(12)3-6(13,8(4,15)16)11(21,22)7(14,9(4,17)18)10(5,19)20/h2-3H2,1H3. The highest BCUT2D eigenvalue weighted by Crippen LogP contribution is 2.84. The molecule has 0 nitrogen and oxygen atoms in total. The molecule has 0 radical (unpaired) electrons. The lowest BCUT2D eigenvalue weighted by Gasteiger charge is -2.71. The maximum absolute atomic E-state index is 14.2. The fourth-order valence-corrected chi connectivity index (χ4v) is 4.06. The van der Waals surface area contributed by atoms with Crippen molar-refractivity contribution < 1.29 is 48.3 Å². The first-order valence-electron chi connectivity index (χ1n) is 5.99. The van der Waals surface area contributed by atoms with E-state index in [-0.39, 0.29) is 6.92 Å². The van der Waals surface area contributed by atoms with Gasteiger partial charge in [-0.05, 0) is 6.92 Å². The summed E-state index contributed by atoms with van der Waals surface area (Å²) in [6.45, 7) is -0.256. The van der Waals surface area contributed by atoms with Crippen molar-refractivity contribution >= 4 is 0 Å². The molecule has 0 heterocycles. The third-order valence-corrected chi connectivity index (χ3v) is 5.40. The highest BCUT2D eigenvalue weighted by molar-refractivity contribution is 5.43. The van der Waals surface area contributed by atoms with Crippen LogP contribution in [0.15, 0.2) is 0 Å². The van der Waals surface area contributed by atoms with Crippen molar-refractivity contribution in [2.75, 3.05) is 0 Å². The van der Waals surface area contributed by atoms with E-state index in [1.54, 1.807) is 0 Å². The van der Waals surface area contributed by atoms with E-state index in [0.717, 1.165) is 0 Å². The molecule has 4 bridgehead atoms. The molecule has 0 amide bonds. The zero-order chi connectivity index (χ0) is 17.4. The summed E-state index contributed by atoms with van der Waals surface area (Å²) in [5.74, 6) is -24.2. The lowest BCUT2D eigenvalue weighted by molar-refractivity contribution is -0.529. The highest BCUT2D eigenvalue weighted by atomic mass is 19.3. The second-order valence-corrected chi connectivity index (χ2v) is 6.41. The van der Waals surface area contributed by atoms with E-state index in [4.69, 9.17) is 0 Å². The van der Waals surface area contributed by atoms with Crippen molar-refractivity contribution in [3.05, 3.63) is 0 Å².